The first-order valence-electron chi connectivity index (χ1n) is 13.2. The van der Waals surface area contributed by atoms with Gasteiger partial charge in [-0.05, 0) is 44.2 Å². The number of benzene rings is 2. The lowest BCUT2D eigenvalue weighted by Gasteiger charge is -2.38. The first-order valence-corrected chi connectivity index (χ1v) is 13.2. The maximum Gasteiger partial charge on any atom is 0.261 e. The van der Waals surface area contributed by atoms with Gasteiger partial charge in [-0.2, -0.15) is 0 Å². The molecule has 0 aliphatic carbocycles. The third-order valence-corrected chi connectivity index (χ3v) is 7.32. The molecule has 198 valence electrons. The molecule has 5 rings (SSSR count). The summed E-state index contributed by atoms with van der Waals surface area (Å²) in [7, 11) is 4.08. The molecule has 0 saturated carbocycles. The Morgan fingerprint density at radius 3 is 2.61 bits per heavy atom. The number of morpholine rings is 1. The van der Waals surface area contributed by atoms with E-state index in [0.717, 1.165) is 73.2 Å². The van der Waals surface area contributed by atoms with Crippen LogP contribution >= 0.6 is 0 Å². The average Bonchev–Trinajstić information content (AvgIpc) is 2.96. The summed E-state index contributed by atoms with van der Waals surface area (Å²) in [5, 5.41) is 1.01. The van der Waals surface area contributed by atoms with Crippen LogP contribution in [0.3, 0.4) is 0 Å². The molecule has 0 unspecified atom stereocenters. The highest BCUT2D eigenvalue weighted by molar-refractivity contribution is 6.03. The zero-order valence-electron chi connectivity index (χ0n) is 22.7. The number of rotatable bonds is 7. The molecular formula is C30H36N6O2. The molecule has 3 heterocycles. The molecule has 3 aromatic rings. The minimum Gasteiger partial charge on any atom is -0.379 e. The van der Waals surface area contributed by atoms with E-state index in [1.807, 2.05) is 75.5 Å². The number of fused-ring (bicyclic) bond motifs is 2. The highest BCUT2D eigenvalue weighted by atomic mass is 16.5. The number of nitrogens with zero attached hydrogens (tertiary/aromatic N) is 6. The van der Waals surface area contributed by atoms with Crippen molar-refractivity contribution in [2.24, 2.45) is 0 Å². The second kappa shape index (κ2) is 11.3. The van der Waals surface area contributed by atoms with E-state index < -0.39 is 0 Å². The van der Waals surface area contributed by atoms with Crippen LogP contribution in [0.15, 0.2) is 72.1 Å². The lowest BCUT2D eigenvalue weighted by Crippen LogP contribution is -2.43. The molecule has 0 bridgehead atoms. The number of carbonyl (C=O) groups excluding carboxylic acids is 1. The van der Waals surface area contributed by atoms with Gasteiger partial charge in [0.05, 0.1) is 36.5 Å². The molecule has 0 spiro atoms. The van der Waals surface area contributed by atoms with Gasteiger partial charge in [-0.1, -0.05) is 35.9 Å². The highest BCUT2D eigenvalue weighted by Crippen LogP contribution is 2.33. The molecule has 38 heavy (non-hydrogen) atoms. The van der Waals surface area contributed by atoms with Crippen molar-refractivity contribution in [3.63, 3.8) is 0 Å². The number of ether oxygens (including phenoxy) is 1. The highest BCUT2D eigenvalue weighted by Gasteiger charge is 2.32. The quantitative estimate of drug-likeness (QED) is 0.468. The van der Waals surface area contributed by atoms with Crippen molar-refractivity contribution in [1.29, 1.82) is 0 Å². The van der Waals surface area contributed by atoms with E-state index in [4.69, 9.17) is 14.7 Å². The predicted molar refractivity (Wildman–Crippen MR) is 152 cm³/mol. The van der Waals surface area contributed by atoms with E-state index in [9.17, 15) is 4.79 Å². The van der Waals surface area contributed by atoms with Gasteiger partial charge in [-0.25, -0.2) is 9.97 Å². The topological polar surface area (TPSA) is 65.0 Å². The van der Waals surface area contributed by atoms with Crippen LogP contribution in [0.5, 0.6) is 0 Å². The molecule has 0 N–H and O–H groups in total. The van der Waals surface area contributed by atoms with E-state index in [-0.39, 0.29) is 12.5 Å². The predicted octanol–water partition coefficient (Wildman–Crippen LogP) is 4.30. The van der Waals surface area contributed by atoms with Gasteiger partial charge < -0.3 is 14.5 Å². The Hall–Kier alpha value is -3.75. The number of anilines is 2. The summed E-state index contributed by atoms with van der Waals surface area (Å²) in [5.41, 5.74) is 3.52. The number of allylic oxidation sites excluding steroid dienone is 3. The van der Waals surface area contributed by atoms with E-state index in [1.165, 1.54) is 0 Å². The Bertz CT molecular complexity index is 1380. The van der Waals surface area contributed by atoms with Gasteiger partial charge in [0.2, 0.25) is 0 Å². The SMILES string of the molecule is CC=C(C)C=C1N(Cc2nc(N(C)CCN3CCOCC3)c3ccccc3n2)C(=O)c2ccccc2N1C. The van der Waals surface area contributed by atoms with Crippen molar-refractivity contribution in [2.75, 3.05) is 63.3 Å². The molecule has 0 atom stereocenters. The maximum atomic E-state index is 13.8. The van der Waals surface area contributed by atoms with Crippen LogP contribution in [0.1, 0.15) is 30.0 Å². The van der Waals surface area contributed by atoms with Gasteiger partial charge in [0.1, 0.15) is 11.6 Å². The zero-order valence-corrected chi connectivity index (χ0v) is 22.7. The fraction of sp³-hybridized carbons (Fsp3) is 0.367. The third kappa shape index (κ3) is 5.28. The van der Waals surface area contributed by atoms with Gasteiger partial charge in [0.25, 0.3) is 5.91 Å². The second-order valence-electron chi connectivity index (χ2n) is 9.86. The average molecular weight is 513 g/mol. The summed E-state index contributed by atoms with van der Waals surface area (Å²) in [6.07, 6.45) is 4.09. The van der Waals surface area contributed by atoms with Crippen molar-refractivity contribution >= 4 is 28.3 Å². The first kappa shape index (κ1) is 25.9. The lowest BCUT2D eigenvalue weighted by molar-refractivity contribution is 0.0393. The molecule has 1 saturated heterocycles. The van der Waals surface area contributed by atoms with Crippen LogP contribution in [0.2, 0.25) is 0 Å². The number of aromatic nitrogens is 2. The molecular weight excluding hydrogens is 476 g/mol. The minimum atomic E-state index is -0.0483. The Labute approximate surface area is 224 Å². The van der Waals surface area contributed by atoms with E-state index in [2.05, 4.69) is 27.8 Å². The summed E-state index contributed by atoms with van der Waals surface area (Å²) in [4.78, 5) is 32.2. The molecule has 8 heteroatoms. The third-order valence-electron chi connectivity index (χ3n) is 7.32. The summed E-state index contributed by atoms with van der Waals surface area (Å²) in [5.74, 6) is 2.26. The molecule has 8 nitrogen and oxygen atoms in total. The van der Waals surface area contributed by atoms with Crippen LogP contribution in [-0.4, -0.2) is 79.2 Å². The van der Waals surface area contributed by atoms with E-state index in [1.54, 1.807) is 4.90 Å². The smallest absolute Gasteiger partial charge is 0.261 e. The van der Waals surface area contributed by atoms with Gasteiger partial charge in [0, 0.05) is 45.7 Å². The lowest BCUT2D eigenvalue weighted by atomic mass is 10.1. The Morgan fingerprint density at radius 2 is 1.82 bits per heavy atom. The first-order chi connectivity index (χ1) is 18.5. The summed E-state index contributed by atoms with van der Waals surface area (Å²) < 4.78 is 5.50. The van der Waals surface area contributed by atoms with Crippen LogP contribution in [0, 0.1) is 0 Å². The number of hydrogen-bond acceptors (Lipinski definition) is 7. The number of carbonyl (C=O) groups is 1. The monoisotopic (exact) mass is 512 g/mol. The van der Waals surface area contributed by atoms with Crippen molar-refractivity contribution < 1.29 is 9.53 Å². The van der Waals surface area contributed by atoms with Gasteiger partial charge in [0.15, 0.2) is 5.82 Å². The van der Waals surface area contributed by atoms with E-state index >= 15 is 0 Å². The summed E-state index contributed by atoms with van der Waals surface area (Å²) in [6, 6.07) is 15.8. The van der Waals surface area contributed by atoms with Crippen LogP contribution in [-0.2, 0) is 11.3 Å². The van der Waals surface area contributed by atoms with Crippen LogP contribution < -0.4 is 9.80 Å². The molecule has 1 aromatic heterocycles. The molecule has 2 aliphatic heterocycles. The van der Waals surface area contributed by atoms with Gasteiger partial charge in [-0.3, -0.25) is 14.6 Å². The van der Waals surface area contributed by atoms with Crippen LogP contribution in [0.4, 0.5) is 11.5 Å². The summed E-state index contributed by atoms with van der Waals surface area (Å²) >= 11 is 0. The Balaban J connectivity index is 1.49. The van der Waals surface area contributed by atoms with Crippen molar-refractivity contribution in [3.8, 4) is 0 Å². The minimum absolute atomic E-state index is 0.0483. The second-order valence-corrected chi connectivity index (χ2v) is 9.86. The Morgan fingerprint density at radius 1 is 1.08 bits per heavy atom. The fourth-order valence-electron chi connectivity index (χ4n) is 4.95. The largest absolute Gasteiger partial charge is 0.379 e. The Kier molecular flexibility index (Phi) is 7.72. The van der Waals surface area contributed by atoms with Crippen molar-refractivity contribution in [2.45, 2.75) is 20.4 Å². The standard InChI is InChI=1S/C30H36N6O2/c1-5-22(2)20-28-34(4)26-13-9-7-11-24(26)30(37)36(28)21-27-31-25-12-8-6-10-23(25)29(32-27)33(3)14-15-35-16-18-38-19-17-35/h5-13,20H,14-19,21H2,1-4H3. The van der Waals surface area contributed by atoms with Crippen molar-refractivity contribution in [3.05, 3.63) is 83.5 Å². The molecule has 2 aromatic carbocycles. The fourth-order valence-corrected chi connectivity index (χ4v) is 4.95. The zero-order chi connectivity index (χ0) is 26.6. The number of para-hydroxylation sites is 2. The maximum absolute atomic E-state index is 13.8. The van der Waals surface area contributed by atoms with Gasteiger partial charge >= 0.3 is 0 Å². The van der Waals surface area contributed by atoms with Crippen molar-refractivity contribution in [1.82, 2.24) is 19.8 Å². The number of likely N-dealkylation sites (N-methyl/N-ethyl adjacent to an activating group) is 1. The summed E-state index contributed by atoms with van der Waals surface area (Å²) in [6.45, 7) is 9.57. The molecule has 2 aliphatic rings. The van der Waals surface area contributed by atoms with E-state index in [0.29, 0.717) is 11.4 Å². The van der Waals surface area contributed by atoms with Gasteiger partial charge in [-0.15, -0.1) is 0 Å². The molecule has 1 amide bonds. The normalized spacial score (nSPS) is 17.8. The number of hydrogen-bond donors (Lipinski definition) is 0. The molecule has 1 fully saturated rings. The van der Waals surface area contributed by atoms with Crippen LogP contribution in [0.25, 0.3) is 10.9 Å². The number of amides is 1. The molecule has 0 radical (unpaired) electrons.